The minimum atomic E-state index is -1.90. The van der Waals surface area contributed by atoms with Gasteiger partial charge < -0.3 is 0 Å². The van der Waals surface area contributed by atoms with Gasteiger partial charge in [0.2, 0.25) is 0 Å². The van der Waals surface area contributed by atoms with E-state index in [2.05, 4.69) is 106 Å². The molecule has 0 amide bonds. The molecule has 178 valence electrons. The van der Waals surface area contributed by atoms with Crippen molar-refractivity contribution in [1.82, 2.24) is 0 Å². The van der Waals surface area contributed by atoms with Gasteiger partial charge in [-0.15, -0.1) is 0 Å². The van der Waals surface area contributed by atoms with Gasteiger partial charge in [-0.3, -0.25) is 0 Å². The molecule has 0 aromatic heterocycles. The van der Waals surface area contributed by atoms with Crippen LogP contribution in [0.3, 0.4) is 0 Å². The van der Waals surface area contributed by atoms with E-state index in [9.17, 15) is 0 Å². The third-order valence-electron chi connectivity index (χ3n) is 9.06. The third-order valence-corrected chi connectivity index (χ3v) is 12.6. The van der Waals surface area contributed by atoms with Gasteiger partial charge in [-0.1, -0.05) is 128 Å². The molecule has 5 aliphatic carbocycles. The molecule has 3 unspecified atom stereocenters. The minimum Gasteiger partial charge on any atom is -0.0730 e. The molecule has 1 heteroatoms. The summed E-state index contributed by atoms with van der Waals surface area (Å²) in [7, 11) is -1.90. The number of hydrogen-bond acceptors (Lipinski definition) is 0. The van der Waals surface area contributed by atoms with Crippen LogP contribution in [0.1, 0.15) is 51.5 Å². The molecule has 1 aromatic rings. The highest BCUT2D eigenvalue weighted by Gasteiger charge is 2.42. The van der Waals surface area contributed by atoms with Crippen molar-refractivity contribution >= 4 is 13.6 Å². The van der Waals surface area contributed by atoms with Crippen molar-refractivity contribution in [1.29, 1.82) is 0 Å². The van der Waals surface area contributed by atoms with E-state index < -0.39 is 8.07 Å². The highest BCUT2D eigenvalue weighted by molar-refractivity contribution is 6.92. The molecule has 1 saturated carbocycles. The van der Waals surface area contributed by atoms with Gasteiger partial charge in [0.15, 0.2) is 0 Å². The van der Waals surface area contributed by atoms with Crippen LogP contribution in [0, 0.1) is 17.8 Å². The summed E-state index contributed by atoms with van der Waals surface area (Å²) in [6.07, 6.45) is 26.0. The number of fused-ring (bicyclic) bond motifs is 3. The Morgan fingerprint density at radius 3 is 2.51 bits per heavy atom. The third kappa shape index (κ3) is 3.62. The molecule has 0 radical (unpaired) electrons. The fourth-order valence-corrected chi connectivity index (χ4v) is 10.5. The van der Waals surface area contributed by atoms with Crippen molar-refractivity contribution in [2.24, 2.45) is 17.8 Å². The van der Waals surface area contributed by atoms with Crippen LogP contribution < -0.4 is 0 Å². The molecule has 0 N–H and O–H groups in total. The molecule has 0 bridgehead atoms. The molecule has 0 spiro atoms. The Balaban J connectivity index is 1.47. The van der Waals surface area contributed by atoms with Crippen LogP contribution in [0.2, 0.25) is 13.1 Å². The fraction of sp³-hybridized carbons (Fsp3) is 0.353. The Morgan fingerprint density at radius 1 is 0.886 bits per heavy atom. The molecule has 0 heterocycles. The summed E-state index contributed by atoms with van der Waals surface area (Å²) in [5.41, 5.74) is 11.1. The normalized spacial score (nSPS) is 25.7. The van der Waals surface area contributed by atoms with Crippen molar-refractivity contribution in [3.05, 3.63) is 123 Å². The van der Waals surface area contributed by atoms with Crippen LogP contribution in [-0.2, 0) is 0 Å². The lowest BCUT2D eigenvalue weighted by Crippen LogP contribution is -2.32. The van der Waals surface area contributed by atoms with E-state index in [1.54, 1.807) is 43.8 Å². The molecular weight excluding hydrogens is 436 g/mol. The maximum Gasteiger partial charge on any atom is 0.113 e. The largest absolute Gasteiger partial charge is 0.113 e. The molecule has 1 fully saturated rings. The minimum absolute atomic E-state index is 0.420. The second kappa shape index (κ2) is 8.78. The lowest BCUT2D eigenvalue weighted by Gasteiger charge is -2.31. The Kier molecular flexibility index (Phi) is 5.72. The maximum atomic E-state index is 2.65. The Morgan fingerprint density at radius 2 is 1.71 bits per heavy atom. The van der Waals surface area contributed by atoms with Gasteiger partial charge >= 0.3 is 0 Å². The van der Waals surface area contributed by atoms with Crippen LogP contribution in [0.4, 0.5) is 0 Å². The monoisotopic (exact) mass is 474 g/mol. The van der Waals surface area contributed by atoms with Crippen LogP contribution in [0.15, 0.2) is 117 Å². The predicted molar refractivity (Wildman–Crippen MR) is 153 cm³/mol. The highest BCUT2D eigenvalue weighted by Crippen LogP contribution is 2.53. The average Bonchev–Trinajstić information content (AvgIpc) is 3.60. The first-order valence-electron chi connectivity index (χ1n) is 13.7. The molecular formula is C34H38Si. The zero-order valence-corrected chi connectivity index (χ0v) is 22.8. The number of allylic oxidation sites excluding steroid dienone is 16. The number of rotatable bonds is 6. The SMILES string of the molecule is CCCC(C)C1=CC([Si](C)(C)C2=C3C=C4CCCC4=C(c4ccccc4)C3C=C2)=C2C=CC=CC12. The first kappa shape index (κ1) is 22.8. The zero-order valence-electron chi connectivity index (χ0n) is 21.8. The maximum absolute atomic E-state index is 2.65. The van der Waals surface area contributed by atoms with Crippen LogP contribution >= 0.6 is 0 Å². The molecule has 3 atom stereocenters. The fourth-order valence-electron chi connectivity index (χ4n) is 7.29. The molecule has 35 heavy (non-hydrogen) atoms. The van der Waals surface area contributed by atoms with Crippen molar-refractivity contribution in [2.45, 2.75) is 59.0 Å². The Hall–Kier alpha value is -2.64. The van der Waals surface area contributed by atoms with Gasteiger partial charge in [-0.2, -0.15) is 0 Å². The molecule has 0 saturated heterocycles. The standard InChI is InChI=1S/C34H38Si/c1-5-12-23(2)30-22-33(28-17-10-9-16-27(28)30)35(3,4)32-20-19-29-31(32)21-25-15-11-18-26(25)34(29)24-13-7-6-8-14-24/h6-10,13-14,16-17,19-23,27,29H,5,11-12,15,18H2,1-4H3. The summed E-state index contributed by atoms with van der Waals surface area (Å²) in [5.74, 6) is 1.55. The molecule has 5 aliphatic rings. The Bertz CT molecular complexity index is 1300. The van der Waals surface area contributed by atoms with E-state index in [4.69, 9.17) is 0 Å². The summed E-state index contributed by atoms with van der Waals surface area (Å²) in [5, 5.41) is 3.31. The van der Waals surface area contributed by atoms with Crippen molar-refractivity contribution < 1.29 is 0 Å². The molecule has 1 aromatic carbocycles. The number of benzene rings is 1. The van der Waals surface area contributed by atoms with Crippen LogP contribution in [-0.4, -0.2) is 8.07 Å². The van der Waals surface area contributed by atoms with Crippen molar-refractivity contribution in [3.8, 4) is 0 Å². The topological polar surface area (TPSA) is 0 Å². The Labute approximate surface area is 212 Å². The van der Waals surface area contributed by atoms with Crippen LogP contribution in [0.25, 0.3) is 5.57 Å². The summed E-state index contributed by atoms with van der Waals surface area (Å²) in [4.78, 5) is 0. The van der Waals surface area contributed by atoms with Gasteiger partial charge in [0.25, 0.3) is 0 Å². The lowest BCUT2D eigenvalue weighted by atomic mass is 9.79. The molecule has 0 nitrogen and oxygen atoms in total. The average molecular weight is 475 g/mol. The van der Waals surface area contributed by atoms with E-state index >= 15 is 0 Å². The van der Waals surface area contributed by atoms with Crippen molar-refractivity contribution in [2.75, 3.05) is 0 Å². The molecule has 6 rings (SSSR count). The lowest BCUT2D eigenvalue weighted by molar-refractivity contribution is 0.569. The molecule has 0 aliphatic heterocycles. The smallest absolute Gasteiger partial charge is 0.0730 e. The summed E-state index contributed by atoms with van der Waals surface area (Å²) in [6.45, 7) is 9.96. The predicted octanol–water partition coefficient (Wildman–Crippen LogP) is 9.25. The summed E-state index contributed by atoms with van der Waals surface area (Å²) < 4.78 is 0. The van der Waals surface area contributed by atoms with Crippen LogP contribution in [0.5, 0.6) is 0 Å². The van der Waals surface area contributed by atoms with Gasteiger partial charge in [0, 0.05) is 11.8 Å². The second-order valence-corrected chi connectivity index (χ2v) is 15.9. The van der Waals surface area contributed by atoms with E-state index in [1.165, 1.54) is 37.7 Å². The summed E-state index contributed by atoms with van der Waals surface area (Å²) >= 11 is 0. The van der Waals surface area contributed by atoms with E-state index in [1.807, 2.05) is 0 Å². The number of hydrogen-bond donors (Lipinski definition) is 0. The highest BCUT2D eigenvalue weighted by atomic mass is 28.3. The van der Waals surface area contributed by atoms with Gasteiger partial charge in [0.05, 0.1) is 0 Å². The van der Waals surface area contributed by atoms with Gasteiger partial charge in [-0.05, 0) is 65.0 Å². The van der Waals surface area contributed by atoms with Crippen molar-refractivity contribution in [3.63, 3.8) is 0 Å². The second-order valence-electron chi connectivity index (χ2n) is 11.5. The quantitative estimate of drug-likeness (QED) is 0.360. The van der Waals surface area contributed by atoms with Gasteiger partial charge in [-0.25, -0.2) is 0 Å². The van der Waals surface area contributed by atoms with E-state index in [0.717, 1.165) is 0 Å². The first-order valence-corrected chi connectivity index (χ1v) is 16.7. The zero-order chi connectivity index (χ0) is 24.2. The van der Waals surface area contributed by atoms with E-state index in [-0.39, 0.29) is 0 Å². The summed E-state index contributed by atoms with van der Waals surface area (Å²) in [6, 6.07) is 11.2. The van der Waals surface area contributed by atoms with E-state index in [0.29, 0.717) is 17.8 Å². The first-order chi connectivity index (χ1) is 17.0. The van der Waals surface area contributed by atoms with Gasteiger partial charge in [0.1, 0.15) is 8.07 Å².